The maximum Gasteiger partial charge on any atom is 0.123 e. The van der Waals surface area contributed by atoms with Crippen molar-refractivity contribution in [1.82, 2.24) is 4.90 Å². The molecule has 134 valence electrons. The summed E-state index contributed by atoms with van der Waals surface area (Å²) < 4.78 is 13.3. The summed E-state index contributed by atoms with van der Waals surface area (Å²) in [6, 6.07) is 13.5. The van der Waals surface area contributed by atoms with E-state index in [4.69, 9.17) is 5.11 Å². The Morgan fingerprint density at radius 1 is 1.04 bits per heavy atom. The second kappa shape index (κ2) is 7.18. The lowest BCUT2D eigenvalue weighted by Crippen LogP contribution is -2.32. The predicted molar refractivity (Wildman–Crippen MR) is 104 cm³/mol. The number of benzene rings is 2. The minimum atomic E-state index is -0.195. The molecular formula is C23H24FNO. The fourth-order valence-corrected chi connectivity index (χ4v) is 4.06. The molecule has 1 N–H and O–H groups in total. The average molecular weight is 349 g/mol. The summed E-state index contributed by atoms with van der Waals surface area (Å²) in [6.45, 7) is 4.97. The zero-order valence-corrected chi connectivity index (χ0v) is 15.1. The number of rotatable bonds is 4. The fraction of sp³-hybridized carbons (Fsp3) is 0.304. The maximum atomic E-state index is 13.3. The molecule has 0 fully saturated rings. The molecule has 0 saturated heterocycles. The molecule has 2 aromatic carbocycles. The van der Waals surface area contributed by atoms with Crippen LogP contribution in [-0.4, -0.2) is 36.2 Å². The van der Waals surface area contributed by atoms with Crippen LogP contribution in [0.5, 0.6) is 0 Å². The monoisotopic (exact) mass is 349 g/mol. The lowest BCUT2D eigenvalue weighted by atomic mass is 9.94. The van der Waals surface area contributed by atoms with Crippen LogP contribution in [0.4, 0.5) is 4.39 Å². The third-order valence-electron chi connectivity index (χ3n) is 5.47. The Morgan fingerprint density at radius 3 is 2.54 bits per heavy atom. The van der Waals surface area contributed by atoms with Crippen LogP contribution in [-0.2, 0) is 0 Å². The quantitative estimate of drug-likeness (QED) is 0.917. The molecule has 4 rings (SSSR count). The average Bonchev–Trinajstić information content (AvgIpc) is 3.02. The highest BCUT2D eigenvalue weighted by molar-refractivity contribution is 5.83. The van der Waals surface area contributed by atoms with Gasteiger partial charge in [0, 0.05) is 19.6 Å². The Hall–Kier alpha value is -2.23. The number of β-amino-alcohol motifs (C(OH)–C–C–N with tert-alkyl or cyclic N) is 1. The first kappa shape index (κ1) is 17.2. The Bertz CT molecular complexity index is 972. The fourth-order valence-electron chi connectivity index (χ4n) is 4.06. The first-order chi connectivity index (χ1) is 12.7. The Labute approximate surface area is 153 Å². The van der Waals surface area contributed by atoms with Gasteiger partial charge in [0.2, 0.25) is 0 Å². The van der Waals surface area contributed by atoms with Crippen molar-refractivity contribution in [1.29, 1.82) is 0 Å². The lowest BCUT2D eigenvalue weighted by molar-refractivity contribution is 0.205. The van der Waals surface area contributed by atoms with Crippen molar-refractivity contribution < 1.29 is 9.50 Å². The number of hydrogen-bond donors (Lipinski definition) is 1. The van der Waals surface area contributed by atoms with Gasteiger partial charge in [-0.2, -0.15) is 0 Å². The molecule has 1 aliphatic heterocycles. The van der Waals surface area contributed by atoms with Gasteiger partial charge in [-0.25, -0.2) is 4.39 Å². The highest BCUT2D eigenvalue weighted by Crippen LogP contribution is 2.30. The van der Waals surface area contributed by atoms with Crippen LogP contribution < -0.4 is 10.4 Å². The summed E-state index contributed by atoms with van der Waals surface area (Å²) in [5.74, 6) is -0.195. The molecule has 2 aromatic rings. The van der Waals surface area contributed by atoms with Crippen LogP contribution in [0, 0.1) is 12.7 Å². The zero-order valence-electron chi connectivity index (χ0n) is 15.1. The van der Waals surface area contributed by atoms with Crippen molar-refractivity contribution in [2.45, 2.75) is 19.8 Å². The Morgan fingerprint density at radius 2 is 1.85 bits per heavy atom. The van der Waals surface area contributed by atoms with Gasteiger partial charge in [-0.3, -0.25) is 4.90 Å². The third-order valence-corrected chi connectivity index (χ3v) is 5.47. The molecule has 0 radical (unpaired) electrons. The van der Waals surface area contributed by atoms with E-state index in [1.54, 1.807) is 12.1 Å². The third kappa shape index (κ3) is 3.25. The van der Waals surface area contributed by atoms with Gasteiger partial charge in [-0.1, -0.05) is 42.0 Å². The lowest BCUT2D eigenvalue weighted by Gasteiger charge is -2.26. The highest BCUT2D eigenvalue weighted by atomic mass is 19.1. The Kier molecular flexibility index (Phi) is 4.75. The normalized spacial score (nSPS) is 17.4. The van der Waals surface area contributed by atoms with E-state index in [9.17, 15) is 4.39 Å². The van der Waals surface area contributed by atoms with E-state index in [0.29, 0.717) is 0 Å². The number of hydrogen-bond acceptors (Lipinski definition) is 2. The molecule has 1 aliphatic carbocycles. The number of halogens is 1. The zero-order chi connectivity index (χ0) is 18.1. The van der Waals surface area contributed by atoms with E-state index in [1.807, 2.05) is 12.1 Å². The number of aryl methyl sites for hydroxylation is 1. The molecule has 1 heterocycles. The summed E-state index contributed by atoms with van der Waals surface area (Å²) in [4.78, 5) is 2.28. The van der Waals surface area contributed by atoms with Crippen molar-refractivity contribution in [3.8, 4) is 0 Å². The molecule has 0 unspecified atom stereocenters. The van der Waals surface area contributed by atoms with Crippen molar-refractivity contribution in [2.75, 3.05) is 26.2 Å². The van der Waals surface area contributed by atoms with Crippen molar-refractivity contribution in [3.63, 3.8) is 0 Å². The van der Waals surface area contributed by atoms with Gasteiger partial charge < -0.3 is 5.11 Å². The topological polar surface area (TPSA) is 23.5 Å². The van der Waals surface area contributed by atoms with Crippen LogP contribution in [0.1, 0.15) is 24.0 Å². The molecule has 2 aliphatic rings. The van der Waals surface area contributed by atoms with Crippen LogP contribution >= 0.6 is 0 Å². The summed E-state index contributed by atoms with van der Waals surface area (Å²) in [5.41, 5.74) is 6.48. The summed E-state index contributed by atoms with van der Waals surface area (Å²) in [6.07, 6.45) is 4.23. The molecule has 26 heavy (non-hydrogen) atoms. The van der Waals surface area contributed by atoms with Crippen LogP contribution in [0.3, 0.4) is 0 Å². The van der Waals surface area contributed by atoms with Gasteiger partial charge in [0.25, 0.3) is 0 Å². The van der Waals surface area contributed by atoms with E-state index in [0.717, 1.165) is 38.0 Å². The number of aliphatic hydroxyl groups excluding tert-OH is 1. The minimum Gasteiger partial charge on any atom is -0.395 e. The van der Waals surface area contributed by atoms with Gasteiger partial charge in [-0.15, -0.1) is 0 Å². The maximum absolute atomic E-state index is 13.3. The molecular weight excluding hydrogens is 325 g/mol. The molecule has 0 aromatic heterocycles. The molecule has 0 amide bonds. The molecule has 0 spiro atoms. The van der Waals surface area contributed by atoms with E-state index in [2.05, 4.69) is 36.1 Å². The highest BCUT2D eigenvalue weighted by Gasteiger charge is 2.21. The standard InChI is InChI=1S/C23H24FNO/c1-16-2-7-20-21(17-3-5-19(24)6-4-17)15-22(23(20)14-16)18-8-10-25(11-9-18)12-13-26/h2-8,14,26H,9-13,15H2,1H3. The molecule has 0 bridgehead atoms. The van der Waals surface area contributed by atoms with Gasteiger partial charge >= 0.3 is 0 Å². The predicted octanol–water partition coefficient (Wildman–Crippen LogP) is 2.51. The second-order valence-electron chi connectivity index (χ2n) is 7.19. The summed E-state index contributed by atoms with van der Waals surface area (Å²) in [5, 5.41) is 11.7. The second-order valence-corrected chi connectivity index (χ2v) is 7.19. The first-order valence-electron chi connectivity index (χ1n) is 9.27. The smallest absolute Gasteiger partial charge is 0.123 e. The SMILES string of the molecule is Cc1ccc2c(c1)=C(C1=CCN(CCO)CC1)CC=2c1ccc(F)cc1. The van der Waals surface area contributed by atoms with Crippen molar-refractivity contribution in [2.24, 2.45) is 0 Å². The number of nitrogens with zero attached hydrogens (tertiary/aromatic N) is 1. The summed E-state index contributed by atoms with van der Waals surface area (Å²) in [7, 11) is 0. The van der Waals surface area contributed by atoms with E-state index in [1.165, 1.54) is 32.7 Å². The molecule has 3 heteroatoms. The summed E-state index contributed by atoms with van der Waals surface area (Å²) >= 11 is 0. The van der Waals surface area contributed by atoms with Crippen LogP contribution in [0.15, 0.2) is 54.1 Å². The van der Waals surface area contributed by atoms with E-state index >= 15 is 0 Å². The van der Waals surface area contributed by atoms with E-state index in [-0.39, 0.29) is 12.4 Å². The molecule has 0 atom stereocenters. The molecule has 2 nitrogen and oxygen atoms in total. The van der Waals surface area contributed by atoms with Gasteiger partial charge in [0.05, 0.1) is 6.61 Å². The van der Waals surface area contributed by atoms with Gasteiger partial charge in [0.1, 0.15) is 5.82 Å². The first-order valence-corrected chi connectivity index (χ1v) is 9.27. The van der Waals surface area contributed by atoms with Crippen LogP contribution in [0.2, 0.25) is 0 Å². The van der Waals surface area contributed by atoms with Gasteiger partial charge in [-0.05, 0) is 64.6 Å². The minimum absolute atomic E-state index is 0.195. The largest absolute Gasteiger partial charge is 0.395 e. The Balaban J connectivity index is 1.79. The number of aliphatic hydroxyl groups is 1. The molecule has 0 saturated carbocycles. The number of fused-ring (bicyclic) bond motifs is 1. The van der Waals surface area contributed by atoms with Crippen molar-refractivity contribution >= 4 is 11.1 Å². The van der Waals surface area contributed by atoms with E-state index < -0.39 is 0 Å². The van der Waals surface area contributed by atoms with Crippen molar-refractivity contribution in [3.05, 3.63) is 81.5 Å². The van der Waals surface area contributed by atoms with Gasteiger partial charge in [0.15, 0.2) is 0 Å². The van der Waals surface area contributed by atoms with Crippen LogP contribution in [0.25, 0.3) is 11.1 Å².